The molecule has 1 fully saturated rings. The molecule has 2 unspecified atom stereocenters. The van der Waals surface area contributed by atoms with Crippen LogP contribution in [0.1, 0.15) is 13.8 Å². The van der Waals surface area contributed by atoms with E-state index in [1.165, 1.54) is 0 Å². The standard InChI is InChI=1S/C10H21N3O3/c1-3-15-8-5-13(7-10(11)12-14)6-9(8)16-4-2/h8-9,14H,3-7H2,1-2H3,(H2,11,12). The summed E-state index contributed by atoms with van der Waals surface area (Å²) in [6.07, 6.45) is 0.160. The van der Waals surface area contributed by atoms with Crippen LogP contribution in [-0.2, 0) is 9.47 Å². The van der Waals surface area contributed by atoms with Gasteiger partial charge in [0.05, 0.1) is 18.8 Å². The molecule has 0 aromatic heterocycles. The van der Waals surface area contributed by atoms with Crippen molar-refractivity contribution in [2.45, 2.75) is 26.1 Å². The number of ether oxygens (including phenoxy) is 2. The topological polar surface area (TPSA) is 80.3 Å². The molecule has 0 aromatic rings. The fraction of sp³-hybridized carbons (Fsp3) is 0.900. The van der Waals surface area contributed by atoms with E-state index in [1.54, 1.807) is 0 Å². The number of likely N-dealkylation sites (tertiary alicyclic amines) is 1. The molecule has 1 aliphatic rings. The molecule has 0 amide bonds. The molecule has 1 heterocycles. The summed E-state index contributed by atoms with van der Waals surface area (Å²) in [5.41, 5.74) is 5.47. The number of rotatable bonds is 6. The average Bonchev–Trinajstić information content (AvgIpc) is 2.62. The van der Waals surface area contributed by atoms with Crippen molar-refractivity contribution >= 4 is 5.84 Å². The number of oxime groups is 1. The van der Waals surface area contributed by atoms with Crippen molar-refractivity contribution in [2.75, 3.05) is 32.8 Å². The Bertz CT molecular complexity index is 221. The zero-order chi connectivity index (χ0) is 12.0. The van der Waals surface area contributed by atoms with Crippen LogP contribution in [0.25, 0.3) is 0 Å². The number of nitrogens with two attached hydrogens (primary N) is 1. The van der Waals surface area contributed by atoms with Gasteiger partial charge in [-0.1, -0.05) is 5.16 Å². The second-order valence-electron chi connectivity index (χ2n) is 3.77. The molecule has 0 bridgehead atoms. The highest BCUT2D eigenvalue weighted by Gasteiger charge is 2.33. The van der Waals surface area contributed by atoms with Gasteiger partial charge in [0.1, 0.15) is 0 Å². The number of amidine groups is 1. The Balaban J connectivity index is 2.47. The lowest BCUT2D eigenvalue weighted by Crippen LogP contribution is -2.33. The Hall–Kier alpha value is -0.850. The van der Waals surface area contributed by atoms with E-state index < -0.39 is 0 Å². The third kappa shape index (κ3) is 3.62. The summed E-state index contributed by atoms with van der Waals surface area (Å²) in [6, 6.07) is 0. The van der Waals surface area contributed by atoms with Crippen LogP contribution in [-0.4, -0.2) is 61.0 Å². The van der Waals surface area contributed by atoms with E-state index in [1.807, 2.05) is 13.8 Å². The molecule has 0 radical (unpaired) electrons. The van der Waals surface area contributed by atoms with Gasteiger partial charge in [0.15, 0.2) is 5.84 Å². The van der Waals surface area contributed by atoms with Gasteiger partial charge in [0.25, 0.3) is 0 Å². The van der Waals surface area contributed by atoms with Crippen LogP contribution in [0.15, 0.2) is 5.16 Å². The number of hydrogen-bond acceptors (Lipinski definition) is 5. The molecule has 0 aromatic carbocycles. The van der Waals surface area contributed by atoms with Gasteiger partial charge in [-0.25, -0.2) is 0 Å². The van der Waals surface area contributed by atoms with Crippen LogP contribution in [0, 0.1) is 0 Å². The molecule has 1 rings (SSSR count). The van der Waals surface area contributed by atoms with Crippen molar-refractivity contribution in [3.8, 4) is 0 Å². The quantitative estimate of drug-likeness (QED) is 0.288. The molecule has 1 aliphatic heterocycles. The van der Waals surface area contributed by atoms with Crippen LogP contribution in [0.4, 0.5) is 0 Å². The van der Waals surface area contributed by atoms with Gasteiger partial charge in [0, 0.05) is 26.3 Å². The zero-order valence-electron chi connectivity index (χ0n) is 9.93. The van der Waals surface area contributed by atoms with E-state index in [-0.39, 0.29) is 18.0 Å². The molecule has 0 spiro atoms. The smallest absolute Gasteiger partial charge is 0.153 e. The maximum atomic E-state index is 8.51. The highest BCUT2D eigenvalue weighted by Crippen LogP contribution is 2.16. The van der Waals surface area contributed by atoms with Crippen molar-refractivity contribution in [1.29, 1.82) is 0 Å². The molecule has 1 saturated heterocycles. The molecule has 6 heteroatoms. The minimum absolute atomic E-state index is 0.0800. The molecule has 6 nitrogen and oxygen atoms in total. The van der Waals surface area contributed by atoms with Crippen molar-refractivity contribution in [3.63, 3.8) is 0 Å². The normalized spacial score (nSPS) is 27.5. The third-order valence-corrected chi connectivity index (χ3v) is 2.57. The fourth-order valence-corrected chi connectivity index (χ4v) is 1.96. The predicted molar refractivity (Wildman–Crippen MR) is 60.7 cm³/mol. The summed E-state index contributed by atoms with van der Waals surface area (Å²) in [6.45, 7) is 7.24. The number of hydrogen-bond donors (Lipinski definition) is 2. The largest absolute Gasteiger partial charge is 0.409 e. The molecule has 0 saturated carbocycles. The fourth-order valence-electron chi connectivity index (χ4n) is 1.96. The summed E-state index contributed by atoms with van der Waals surface area (Å²) in [4.78, 5) is 2.07. The van der Waals surface area contributed by atoms with Gasteiger partial charge in [-0.3, -0.25) is 4.90 Å². The molecular formula is C10H21N3O3. The summed E-state index contributed by atoms with van der Waals surface area (Å²) in [7, 11) is 0. The van der Waals surface area contributed by atoms with E-state index in [4.69, 9.17) is 20.4 Å². The van der Waals surface area contributed by atoms with Crippen LogP contribution >= 0.6 is 0 Å². The predicted octanol–water partition coefficient (Wildman–Crippen LogP) is -0.141. The second kappa shape index (κ2) is 6.67. The average molecular weight is 231 g/mol. The van der Waals surface area contributed by atoms with Gasteiger partial charge >= 0.3 is 0 Å². The highest BCUT2D eigenvalue weighted by atomic mass is 16.5. The Kier molecular flexibility index (Phi) is 5.51. The van der Waals surface area contributed by atoms with Crippen LogP contribution in [0.5, 0.6) is 0 Å². The summed E-state index contributed by atoms with van der Waals surface area (Å²) in [5, 5.41) is 11.5. The molecule has 3 N–H and O–H groups in total. The Morgan fingerprint density at radius 1 is 1.31 bits per heavy atom. The lowest BCUT2D eigenvalue weighted by atomic mass is 10.2. The van der Waals surface area contributed by atoms with Crippen molar-refractivity contribution < 1.29 is 14.7 Å². The Morgan fingerprint density at radius 3 is 2.19 bits per heavy atom. The zero-order valence-corrected chi connectivity index (χ0v) is 9.93. The first kappa shape index (κ1) is 13.2. The minimum atomic E-state index is 0.0800. The molecule has 16 heavy (non-hydrogen) atoms. The van der Waals surface area contributed by atoms with Crippen molar-refractivity contribution in [2.24, 2.45) is 10.9 Å². The first-order valence-electron chi connectivity index (χ1n) is 5.63. The van der Waals surface area contributed by atoms with E-state index in [9.17, 15) is 0 Å². The second-order valence-corrected chi connectivity index (χ2v) is 3.77. The van der Waals surface area contributed by atoms with Crippen LogP contribution < -0.4 is 5.73 Å². The van der Waals surface area contributed by atoms with Crippen molar-refractivity contribution in [1.82, 2.24) is 4.90 Å². The number of nitrogens with zero attached hydrogens (tertiary/aromatic N) is 2. The maximum absolute atomic E-state index is 8.51. The lowest BCUT2D eigenvalue weighted by molar-refractivity contribution is -0.0388. The first-order chi connectivity index (χ1) is 7.71. The third-order valence-electron chi connectivity index (χ3n) is 2.57. The maximum Gasteiger partial charge on any atom is 0.153 e. The van der Waals surface area contributed by atoms with Crippen molar-refractivity contribution in [3.05, 3.63) is 0 Å². The van der Waals surface area contributed by atoms with Gasteiger partial charge < -0.3 is 20.4 Å². The van der Waals surface area contributed by atoms with Crippen LogP contribution in [0.3, 0.4) is 0 Å². The molecule has 94 valence electrons. The summed E-state index contributed by atoms with van der Waals surface area (Å²) >= 11 is 0. The summed E-state index contributed by atoms with van der Waals surface area (Å²) in [5.74, 6) is 0.215. The Labute approximate surface area is 96.0 Å². The lowest BCUT2D eigenvalue weighted by Gasteiger charge is -2.17. The van der Waals surface area contributed by atoms with Gasteiger partial charge in [-0.2, -0.15) is 0 Å². The molecule has 0 aliphatic carbocycles. The molecule has 2 atom stereocenters. The summed E-state index contributed by atoms with van der Waals surface area (Å²) < 4.78 is 11.2. The van der Waals surface area contributed by atoms with E-state index >= 15 is 0 Å². The van der Waals surface area contributed by atoms with Crippen LogP contribution in [0.2, 0.25) is 0 Å². The van der Waals surface area contributed by atoms with Gasteiger partial charge in [-0.05, 0) is 13.8 Å². The first-order valence-corrected chi connectivity index (χ1v) is 5.63. The minimum Gasteiger partial charge on any atom is -0.409 e. The van der Waals surface area contributed by atoms with Gasteiger partial charge in [0.2, 0.25) is 0 Å². The van der Waals surface area contributed by atoms with E-state index in [0.29, 0.717) is 19.8 Å². The van der Waals surface area contributed by atoms with E-state index in [0.717, 1.165) is 13.1 Å². The monoisotopic (exact) mass is 231 g/mol. The van der Waals surface area contributed by atoms with E-state index in [2.05, 4.69) is 10.1 Å². The molecular weight excluding hydrogens is 210 g/mol. The Morgan fingerprint density at radius 2 is 1.81 bits per heavy atom. The SMILES string of the molecule is CCOC1CN(C/C(N)=N/O)CC1OCC. The highest BCUT2D eigenvalue weighted by molar-refractivity contribution is 5.81. The van der Waals surface area contributed by atoms with Gasteiger partial charge in [-0.15, -0.1) is 0 Å².